The van der Waals surface area contributed by atoms with Crippen LogP contribution in [0.3, 0.4) is 0 Å². The summed E-state index contributed by atoms with van der Waals surface area (Å²) in [4.78, 5) is 21.2. The third-order valence-electron chi connectivity index (χ3n) is 4.03. The molecule has 0 unspecified atom stereocenters. The van der Waals surface area contributed by atoms with E-state index in [2.05, 4.69) is 25.6 Å². The number of carbonyl (C=O) groups excluding carboxylic acids is 1. The molecule has 7 nitrogen and oxygen atoms in total. The molecule has 1 N–H and O–H groups in total. The zero-order valence-corrected chi connectivity index (χ0v) is 16.9. The Morgan fingerprint density at radius 3 is 2.47 bits per heavy atom. The normalized spacial score (nSPS) is 10.7. The van der Waals surface area contributed by atoms with Gasteiger partial charge in [-0.05, 0) is 54.6 Å². The molecule has 0 bridgehead atoms. The van der Waals surface area contributed by atoms with Gasteiger partial charge in [0.2, 0.25) is 0 Å². The van der Waals surface area contributed by atoms with Crippen LogP contribution in [0.2, 0.25) is 5.02 Å². The molecule has 150 valence electrons. The van der Waals surface area contributed by atoms with E-state index in [0.717, 1.165) is 0 Å². The van der Waals surface area contributed by atoms with Gasteiger partial charge in [0.1, 0.15) is 5.82 Å². The SMILES string of the molecule is O=C(Nc1ccc(F)cc1)c1nnn(-c2ccc(Cl)cc2)c1CSc1ncccn1. The Labute approximate surface area is 180 Å². The number of rotatable bonds is 6. The molecule has 0 aliphatic heterocycles. The van der Waals surface area contributed by atoms with Crippen LogP contribution in [-0.2, 0) is 5.75 Å². The summed E-state index contributed by atoms with van der Waals surface area (Å²) in [7, 11) is 0. The van der Waals surface area contributed by atoms with E-state index in [9.17, 15) is 9.18 Å². The zero-order chi connectivity index (χ0) is 20.9. The van der Waals surface area contributed by atoms with E-state index < -0.39 is 5.91 Å². The van der Waals surface area contributed by atoms with Gasteiger partial charge in [0.05, 0.1) is 11.4 Å². The Morgan fingerprint density at radius 2 is 1.77 bits per heavy atom. The molecule has 4 aromatic rings. The number of hydrogen-bond donors (Lipinski definition) is 1. The fourth-order valence-corrected chi connectivity index (χ4v) is 3.54. The molecule has 0 radical (unpaired) electrons. The van der Waals surface area contributed by atoms with Crippen molar-refractivity contribution in [3.8, 4) is 5.69 Å². The van der Waals surface area contributed by atoms with Gasteiger partial charge in [0.15, 0.2) is 10.9 Å². The number of amides is 1. The number of nitrogens with zero attached hydrogens (tertiary/aromatic N) is 5. The molecule has 2 heterocycles. The van der Waals surface area contributed by atoms with Gasteiger partial charge in [-0.3, -0.25) is 4.79 Å². The van der Waals surface area contributed by atoms with Crippen LogP contribution >= 0.6 is 23.4 Å². The van der Waals surface area contributed by atoms with Gasteiger partial charge in [0.25, 0.3) is 5.91 Å². The zero-order valence-electron chi connectivity index (χ0n) is 15.4. The van der Waals surface area contributed by atoms with E-state index in [1.807, 2.05) is 0 Å². The maximum atomic E-state index is 13.1. The summed E-state index contributed by atoms with van der Waals surface area (Å²) in [6, 6.07) is 14.2. The molecule has 0 aliphatic rings. The summed E-state index contributed by atoms with van der Waals surface area (Å²) >= 11 is 7.33. The van der Waals surface area contributed by atoms with Crippen molar-refractivity contribution in [2.75, 3.05) is 5.32 Å². The molecule has 30 heavy (non-hydrogen) atoms. The van der Waals surface area contributed by atoms with Gasteiger partial charge in [-0.2, -0.15) is 0 Å². The van der Waals surface area contributed by atoms with Crippen LogP contribution in [0.5, 0.6) is 0 Å². The second-order valence-electron chi connectivity index (χ2n) is 6.05. The largest absolute Gasteiger partial charge is 0.321 e. The minimum absolute atomic E-state index is 0.151. The first-order valence-electron chi connectivity index (χ1n) is 8.77. The predicted octanol–water partition coefficient (Wildman–Crippen LogP) is 4.39. The highest BCUT2D eigenvalue weighted by Crippen LogP contribution is 2.24. The third kappa shape index (κ3) is 4.64. The monoisotopic (exact) mass is 440 g/mol. The van der Waals surface area contributed by atoms with E-state index >= 15 is 0 Å². The quantitative estimate of drug-likeness (QED) is 0.353. The standard InChI is InChI=1S/C20H14ClFN6OS/c21-13-2-8-16(9-3-13)28-17(12-30-20-23-10-1-11-24-20)18(26-27-28)19(29)25-15-6-4-14(22)5-7-15/h1-11H,12H2,(H,25,29). The molecule has 2 aromatic carbocycles. The van der Waals surface area contributed by atoms with Crippen LogP contribution < -0.4 is 5.32 Å². The van der Waals surface area contributed by atoms with E-state index in [-0.39, 0.29) is 11.5 Å². The lowest BCUT2D eigenvalue weighted by atomic mass is 10.2. The van der Waals surface area contributed by atoms with Crippen molar-refractivity contribution in [3.05, 3.63) is 89.2 Å². The van der Waals surface area contributed by atoms with Gasteiger partial charge in [-0.25, -0.2) is 19.0 Å². The van der Waals surface area contributed by atoms with Crippen molar-refractivity contribution in [1.29, 1.82) is 0 Å². The minimum atomic E-state index is -0.452. The summed E-state index contributed by atoms with van der Waals surface area (Å²) in [5, 5.41) is 12.1. The molecule has 0 atom stereocenters. The molecule has 0 fully saturated rings. The van der Waals surface area contributed by atoms with Gasteiger partial charge in [0, 0.05) is 28.9 Å². The van der Waals surface area contributed by atoms with Gasteiger partial charge in [-0.15, -0.1) is 5.10 Å². The van der Waals surface area contributed by atoms with Crippen LogP contribution in [0.1, 0.15) is 16.2 Å². The maximum Gasteiger partial charge on any atom is 0.278 e. The number of carbonyl (C=O) groups is 1. The van der Waals surface area contributed by atoms with Crippen LogP contribution in [0.15, 0.2) is 72.1 Å². The number of halogens is 2. The van der Waals surface area contributed by atoms with E-state index in [0.29, 0.717) is 33.0 Å². The number of thioether (sulfide) groups is 1. The van der Waals surface area contributed by atoms with E-state index in [1.54, 1.807) is 47.4 Å². The highest BCUT2D eigenvalue weighted by Gasteiger charge is 2.21. The molecular formula is C20H14ClFN6OS. The first kappa shape index (κ1) is 20.0. The highest BCUT2D eigenvalue weighted by molar-refractivity contribution is 7.98. The second-order valence-corrected chi connectivity index (χ2v) is 7.43. The first-order chi connectivity index (χ1) is 14.6. The summed E-state index contributed by atoms with van der Waals surface area (Å²) < 4.78 is 14.7. The predicted molar refractivity (Wildman–Crippen MR) is 112 cm³/mol. The van der Waals surface area contributed by atoms with Crippen molar-refractivity contribution in [3.63, 3.8) is 0 Å². The highest BCUT2D eigenvalue weighted by atomic mass is 35.5. The number of nitrogens with one attached hydrogen (secondary N) is 1. The Bertz CT molecular complexity index is 1150. The lowest BCUT2D eigenvalue weighted by Gasteiger charge is -2.08. The van der Waals surface area contributed by atoms with Crippen LogP contribution in [-0.4, -0.2) is 30.9 Å². The van der Waals surface area contributed by atoms with Crippen molar-refractivity contribution < 1.29 is 9.18 Å². The summed E-state index contributed by atoms with van der Waals surface area (Å²) in [5.74, 6) is -0.487. The fourth-order valence-electron chi connectivity index (χ4n) is 2.61. The maximum absolute atomic E-state index is 13.1. The lowest BCUT2D eigenvalue weighted by Crippen LogP contribution is -2.15. The average molecular weight is 441 g/mol. The smallest absolute Gasteiger partial charge is 0.278 e. The topological polar surface area (TPSA) is 85.6 Å². The number of aromatic nitrogens is 5. The third-order valence-corrected chi connectivity index (χ3v) is 5.17. The van der Waals surface area contributed by atoms with Gasteiger partial charge < -0.3 is 5.32 Å². The van der Waals surface area contributed by atoms with Gasteiger partial charge >= 0.3 is 0 Å². The molecular weight excluding hydrogens is 427 g/mol. The molecule has 0 spiro atoms. The van der Waals surface area contributed by atoms with Gasteiger partial charge in [-0.1, -0.05) is 28.6 Å². The number of anilines is 1. The second kappa shape index (κ2) is 9.02. The molecule has 4 rings (SSSR count). The summed E-state index contributed by atoms with van der Waals surface area (Å²) in [6.45, 7) is 0. The van der Waals surface area contributed by atoms with E-state index in [4.69, 9.17) is 11.6 Å². The number of hydrogen-bond acceptors (Lipinski definition) is 6. The molecule has 0 aliphatic carbocycles. The number of benzene rings is 2. The Kier molecular flexibility index (Phi) is 6.01. The molecule has 10 heteroatoms. The molecule has 0 saturated carbocycles. The summed E-state index contributed by atoms with van der Waals surface area (Å²) in [6.07, 6.45) is 3.29. The lowest BCUT2D eigenvalue weighted by molar-refractivity contribution is 0.102. The van der Waals surface area contributed by atoms with Crippen molar-refractivity contribution >= 4 is 35.0 Å². The fraction of sp³-hybridized carbons (Fsp3) is 0.0500. The minimum Gasteiger partial charge on any atom is -0.321 e. The van der Waals surface area contributed by atoms with Crippen molar-refractivity contribution in [1.82, 2.24) is 25.0 Å². The van der Waals surface area contributed by atoms with Crippen molar-refractivity contribution in [2.45, 2.75) is 10.9 Å². The Hall–Kier alpha value is -3.30. The molecule has 2 aromatic heterocycles. The van der Waals surface area contributed by atoms with Crippen molar-refractivity contribution in [2.24, 2.45) is 0 Å². The van der Waals surface area contributed by atoms with Crippen LogP contribution in [0.25, 0.3) is 5.69 Å². The van der Waals surface area contributed by atoms with Crippen LogP contribution in [0, 0.1) is 5.82 Å². The molecule has 0 saturated heterocycles. The molecule has 1 amide bonds. The first-order valence-corrected chi connectivity index (χ1v) is 10.1. The summed E-state index contributed by atoms with van der Waals surface area (Å²) in [5.41, 5.74) is 1.87. The van der Waals surface area contributed by atoms with E-state index in [1.165, 1.54) is 36.0 Å². The van der Waals surface area contributed by atoms with Crippen LogP contribution in [0.4, 0.5) is 10.1 Å². The average Bonchev–Trinajstić information content (AvgIpc) is 3.19. The Balaban J connectivity index is 1.65. The Morgan fingerprint density at radius 1 is 1.07 bits per heavy atom.